The molecule has 0 aliphatic rings. The zero-order valence-electron chi connectivity index (χ0n) is 14.2. The van der Waals surface area contributed by atoms with Crippen molar-refractivity contribution in [1.29, 1.82) is 0 Å². The van der Waals surface area contributed by atoms with Crippen molar-refractivity contribution in [2.75, 3.05) is 12.3 Å². The van der Waals surface area contributed by atoms with Crippen LogP contribution in [0, 0.1) is 10.1 Å². The van der Waals surface area contributed by atoms with Crippen molar-refractivity contribution in [1.82, 2.24) is 14.9 Å². The number of nitro benzene ring substituents is 1. The third-order valence-corrected chi connectivity index (χ3v) is 5.79. The SMILES string of the molecule is O=C(Cn1cnc2ccc([N+](=O)[O-])cc2c1=O)NCCSCc1cccs1. The van der Waals surface area contributed by atoms with E-state index in [9.17, 15) is 19.7 Å². The summed E-state index contributed by atoms with van der Waals surface area (Å²) in [5.41, 5.74) is -0.315. The summed E-state index contributed by atoms with van der Waals surface area (Å²) in [6.07, 6.45) is 1.28. The quantitative estimate of drug-likeness (QED) is 0.351. The molecule has 1 N–H and O–H groups in total. The lowest BCUT2D eigenvalue weighted by Gasteiger charge is -2.08. The predicted molar refractivity (Wildman–Crippen MR) is 106 cm³/mol. The van der Waals surface area contributed by atoms with E-state index >= 15 is 0 Å². The first-order valence-corrected chi connectivity index (χ1v) is 10.1. The van der Waals surface area contributed by atoms with E-state index in [2.05, 4.69) is 16.4 Å². The minimum atomic E-state index is -0.573. The second-order valence-corrected chi connectivity index (χ2v) is 7.76. The summed E-state index contributed by atoms with van der Waals surface area (Å²) in [6, 6.07) is 7.97. The number of non-ortho nitro benzene ring substituents is 1. The molecule has 0 spiro atoms. The highest BCUT2D eigenvalue weighted by atomic mass is 32.2. The van der Waals surface area contributed by atoms with E-state index in [0.717, 1.165) is 16.1 Å². The maximum Gasteiger partial charge on any atom is 0.270 e. The smallest absolute Gasteiger partial charge is 0.270 e. The fourth-order valence-electron chi connectivity index (χ4n) is 2.41. The number of nitrogens with one attached hydrogen (secondary N) is 1. The summed E-state index contributed by atoms with van der Waals surface area (Å²) < 4.78 is 1.15. The normalized spacial score (nSPS) is 10.8. The third kappa shape index (κ3) is 4.92. The molecule has 1 aromatic carbocycles. The third-order valence-electron chi connectivity index (χ3n) is 3.73. The molecule has 2 heterocycles. The molecule has 0 unspecified atom stereocenters. The molecule has 3 aromatic rings. The van der Waals surface area contributed by atoms with Crippen LogP contribution in [0.1, 0.15) is 4.88 Å². The lowest BCUT2D eigenvalue weighted by atomic mass is 10.2. The lowest BCUT2D eigenvalue weighted by molar-refractivity contribution is -0.384. The Labute approximate surface area is 162 Å². The Morgan fingerprint density at radius 2 is 2.22 bits per heavy atom. The van der Waals surface area contributed by atoms with Crippen LogP contribution in [-0.2, 0) is 17.1 Å². The van der Waals surface area contributed by atoms with Crippen molar-refractivity contribution in [3.8, 4) is 0 Å². The van der Waals surface area contributed by atoms with Gasteiger partial charge in [0.2, 0.25) is 5.91 Å². The Hall–Kier alpha value is -2.72. The van der Waals surface area contributed by atoms with Crippen molar-refractivity contribution in [2.45, 2.75) is 12.3 Å². The zero-order chi connectivity index (χ0) is 19.2. The molecule has 1 amide bonds. The number of amides is 1. The number of rotatable bonds is 8. The van der Waals surface area contributed by atoms with Crippen molar-refractivity contribution >= 4 is 45.6 Å². The number of carbonyl (C=O) groups excluding carboxylic acids is 1. The van der Waals surface area contributed by atoms with Crippen LogP contribution >= 0.6 is 23.1 Å². The highest BCUT2D eigenvalue weighted by Gasteiger charge is 2.12. The molecule has 0 aliphatic heterocycles. The number of fused-ring (bicyclic) bond motifs is 1. The van der Waals surface area contributed by atoms with E-state index in [0.29, 0.717) is 12.1 Å². The average molecular weight is 404 g/mol. The number of nitro groups is 1. The molecule has 0 atom stereocenters. The van der Waals surface area contributed by atoms with Crippen LogP contribution in [0.2, 0.25) is 0 Å². The summed E-state index contributed by atoms with van der Waals surface area (Å²) in [5, 5.41) is 15.8. The first-order valence-electron chi connectivity index (χ1n) is 8.05. The molecule has 8 nitrogen and oxygen atoms in total. The van der Waals surface area contributed by atoms with Gasteiger partial charge < -0.3 is 5.32 Å². The molecular weight excluding hydrogens is 388 g/mol. The van der Waals surface area contributed by atoms with Crippen molar-refractivity contribution in [3.05, 3.63) is 67.4 Å². The molecule has 3 rings (SSSR count). The second kappa shape index (κ2) is 8.78. The van der Waals surface area contributed by atoms with Gasteiger partial charge in [0.05, 0.1) is 22.2 Å². The fourth-order valence-corrected chi connectivity index (χ4v) is 4.11. The number of benzene rings is 1. The van der Waals surface area contributed by atoms with Gasteiger partial charge in [0.15, 0.2) is 0 Å². The fraction of sp³-hybridized carbons (Fsp3) is 0.235. The highest BCUT2D eigenvalue weighted by molar-refractivity contribution is 7.98. The minimum absolute atomic E-state index is 0.117. The number of thiophene rings is 1. The van der Waals surface area contributed by atoms with Gasteiger partial charge in [-0.2, -0.15) is 11.8 Å². The molecule has 0 fully saturated rings. The standard InChI is InChI=1S/C17H16N4O4S2/c22-16(18-5-7-26-10-13-2-1-6-27-13)9-20-11-19-15-4-3-12(21(24)25)8-14(15)17(20)23/h1-4,6,8,11H,5,7,9-10H2,(H,18,22). The van der Waals surface area contributed by atoms with Crippen LogP contribution in [0.3, 0.4) is 0 Å². The maximum absolute atomic E-state index is 12.5. The van der Waals surface area contributed by atoms with E-state index in [-0.39, 0.29) is 23.5 Å². The lowest BCUT2D eigenvalue weighted by Crippen LogP contribution is -2.33. The predicted octanol–water partition coefficient (Wildman–Crippen LogP) is 2.42. The number of thioether (sulfide) groups is 1. The summed E-state index contributed by atoms with van der Waals surface area (Å²) >= 11 is 3.42. The van der Waals surface area contributed by atoms with Gasteiger partial charge in [-0.3, -0.25) is 24.3 Å². The van der Waals surface area contributed by atoms with Gasteiger partial charge in [0, 0.05) is 35.1 Å². The Morgan fingerprint density at radius 1 is 1.37 bits per heavy atom. The van der Waals surface area contributed by atoms with Gasteiger partial charge >= 0.3 is 0 Å². The van der Waals surface area contributed by atoms with Crippen LogP contribution < -0.4 is 10.9 Å². The molecule has 0 aliphatic carbocycles. The molecule has 140 valence electrons. The van der Waals surface area contributed by atoms with Gasteiger partial charge in [-0.1, -0.05) is 6.07 Å². The topological polar surface area (TPSA) is 107 Å². The minimum Gasteiger partial charge on any atom is -0.354 e. The summed E-state index contributed by atoms with van der Waals surface area (Å²) in [7, 11) is 0. The van der Waals surface area contributed by atoms with Crippen molar-refractivity contribution in [2.24, 2.45) is 0 Å². The van der Waals surface area contributed by atoms with Gasteiger partial charge in [-0.25, -0.2) is 4.98 Å². The monoisotopic (exact) mass is 404 g/mol. The van der Waals surface area contributed by atoms with E-state index in [4.69, 9.17) is 0 Å². The average Bonchev–Trinajstić information content (AvgIpc) is 3.17. The second-order valence-electron chi connectivity index (χ2n) is 5.62. The molecule has 0 radical (unpaired) electrons. The van der Waals surface area contributed by atoms with Gasteiger partial charge in [-0.15, -0.1) is 11.3 Å². The van der Waals surface area contributed by atoms with E-state index in [1.165, 1.54) is 29.4 Å². The van der Waals surface area contributed by atoms with Crippen LogP contribution in [0.5, 0.6) is 0 Å². The largest absolute Gasteiger partial charge is 0.354 e. The molecular formula is C17H16N4O4S2. The first-order chi connectivity index (χ1) is 13.0. The Bertz CT molecular complexity index is 1020. The number of hydrogen-bond acceptors (Lipinski definition) is 7. The molecule has 27 heavy (non-hydrogen) atoms. The van der Waals surface area contributed by atoms with E-state index in [1.807, 2.05) is 11.4 Å². The van der Waals surface area contributed by atoms with Crippen LogP contribution in [0.15, 0.2) is 46.8 Å². The van der Waals surface area contributed by atoms with Crippen LogP contribution in [0.25, 0.3) is 10.9 Å². The van der Waals surface area contributed by atoms with Gasteiger partial charge in [0.1, 0.15) is 6.54 Å². The summed E-state index contributed by atoms with van der Waals surface area (Å²) in [6.45, 7) is 0.316. The molecule has 0 saturated carbocycles. The Balaban J connectivity index is 1.57. The summed E-state index contributed by atoms with van der Waals surface area (Å²) in [5.74, 6) is 1.36. The van der Waals surface area contributed by atoms with Gasteiger partial charge in [-0.05, 0) is 17.5 Å². The maximum atomic E-state index is 12.5. The van der Waals surface area contributed by atoms with Crippen LogP contribution in [-0.4, -0.2) is 32.7 Å². The molecule has 0 bridgehead atoms. The van der Waals surface area contributed by atoms with Gasteiger partial charge in [0.25, 0.3) is 11.2 Å². The number of aromatic nitrogens is 2. The zero-order valence-corrected chi connectivity index (χ0v) is 15.8. The molecule has 10 heteroatoms. The van der Waals surface area contributed by atoms with E-state index < -0.39 is 10.5 Å². The Morgan fingerprint density at radius 3 is 2.96 bits per heavy atom. The molecule has 2 aromatic heterocycles. The van der Waals surface area contributed by atoms with E-state index in [1.54, 1.807) is 23.1 Å². The number of hydrogen-bond donors (Lipinski definition) is 1. The number of nitrogens with zero attached hydrogens (tertiary/aromatic N) is 3. The van der Waals surface area contributed by atoms with Crippen LogP contribution in [0.4, 0.5) is 5.69 Å². The molecule has 0 saturated heterocycles. The number of carbonyl (C=O) groups is 1. The first kappa shape index (κ1) is 19.1. The highest BCUT2D eigenvalue weighted by Crippen LogP contribution is 2.17. The van der Waals surface area contributed by atoms with Crippen molar-refractivity contribution < 1.29 is 9.72 Å². The summed E-state index contributed by atoms with van der Waals surface area (Å²) in [4.78, 5) is 40.2. The van der Waals surface area contributed by atoms with Crippen molar-refractivity contribution in [3.63, 3.8) is 0 Å². The Kier molecular flexibility index (Phi) is 6.20.